The third-order valence-electron chi connectivity index (χ3n) is 8.15. The topological polar surface area (TPSA) is 129 Å². The molecule has 1 unspecified atom stereocenters. The number of likely N-dealkylation sites (N-methyl/N-ethyl adjacent to an activating group) is 1. The third kappa shape index (κ3) is 42.3. The van der Waals surface area contributed by atoms with Gasteiger partial charge in [0.2, 0.25) is 0 Å². The molecule has 324 valence electrons. The summed E-state index contributed by atoms with van der Waals surface area (Å²) in [5, 5.41) is 8.80. The highest BCUT2D eigenvalue weighted by Gasteiger charge is 2.27. The number of hydrogen-bond acceptors (Lipinski definition) is 8. The SMILES string of the molecule is CC/C=C\C/C=C\C/C=C\C/C=C\CCCCC(=O)OC[C@H](COP(=O)(O)OCC[N+](C)(C)C)OC(=O)CCC/C=C\C/C=C\C/C=C\C/C=C\CCCCCO. The molecule has 0 saturated heterocycles. The van der Waals surface area contributed by atoms with Gasteiger partial charge in [-0.2, -0.15) is 0 Å². The van der Waals surface area contributed by atoms with Gasteiger partial charge in [0, 0.05) is 19.4 Å². The zero-order chi connectivity index (χ0) is 42.1. The monoisotopic (exact) mass is 819 g/mol. The first-order valence-corrected chi connectivity index (χ1v) is 22.6. The molecule has 0 amide bonds. The Morgan fingerprint density at radius 3 is 1.53 bits per heavy atom. The summed E-state index contributed by atoms with van der Waals surface area (Å²) in [6, 6.07) is 0. The Hall–Kier alpha value is -3.11. The summed E-state index contributed by atoms with van der Waals surface area (Å²) in [5.74, 6) is -0.940. The maximum Gasteiger partial charge on any atom is 0.472 e. The van der Waals surface area contributed by atoms with E-state index in [1.165, 1.54) is 0 Å². The first-order chi connectivity index (χ1) is 27.5. The highest BCUT2D eigenvalue weighted by atomic mass is 31.2. The molecule has 0 aromatic carbocycles. The molecule has 11 heteroatoms. The molecule has 0 saturated carbocycles. The number of ether oxygens (including phenoxy) is 2. The number of phosphoric ester groups is 1. The smallest absolute Gasteiger partial charge is 0.462 e. The highest BCUT2D eigenvalue weighted by Crippen LogP contribution is 2.43. The molecule has 2 atom stereocenters. The van der Waals surface area contributed by atoms with Crippen molar-refractivity contribution in [2.75, 3.05) is 54.1 Å². The van der Waals surface area contributed by atoms with Gasteiger partial charge in [-0.15, -0.1) is 0 Å². The summed E-state index contributed by atoms with van der Waals surface area (Å²) in [7, 11) is 1.38. The van der Waals surface area contributed by atoms with Gasteiger partial charge in [0.25, 0.3) is 0 Å². The average molecular weight is 819 g/mol. The Morgan fingerprint density at radius 2 is 1.04 bits per heavy atom. The number of carbonyl (C=O) groups is 2. The van der Waals surface area contributed by atoms with E-state index in [-0.39, 0.29) is 32.7 Å². The largest absolute Gasteiger partial charge is 0.472 e. The predicted octanol–water partition coefficient (Wildman–Crippen LogP) is 10.8. The number of aliphatic hydroxyl groups is 1. The summed E-state index contributed by atoms with van der Waals surface area (Å²) in [5.41, 5.74) is 0. The van der Waals surface area contributed by atoms with Gasteiger partial charge in [0.1, 0.15) is 19.8 Å². The van der Waals surface area contributed by atoms with Crippen LogP contribution in [0.1, 0.15) is 122 Å². The summed E-state index contributed by atoms with van der Waals surface area (Å²) in [6.45, 7) is 2.16. The Labute approximate surface area is 346 Å². The van der Waals surface area contributed by atoms with E-state index in [9.17, 15) is 19.0 Å². The standard InChI is InChI=1S/C46H76NO9P/c1-5-6-7-8-9-10-11-12-16-19-22-25-28-31-34-37-45(49)53-42-44(43-55-57(51,52)54-41-39-47(2,3)4)56-46(50)38-35-32-29-26-23-20-17-14-13-15-18-21-24-27-30-33-36-40-48/h6-7,9-10,12-13,15-17,20-22,24-26,29,44,48H,5,8,11,14,18-19,23,27-28,30-43H2,1-4H3/p+1/b7-6-,10-9-,15-13-,16-12-,20-17-,24-21-,25-22-,29-26-/t44-/m1/s1. The van der Waals surface area contributed by atoms with Gasteiger partial charge in [0.05, 0.1) is 27.7 Å². The molecule has 0 radical (unpaired) electrons. The predicted molar refractivity (Wildman–Crippen MR) is 234 cm³/mol. The van der Waals surface area contributed by atoms with Gasteiger partial charge in [0.15, 0.2) is 6.10 Å². The summed E-state index contributed by atoms with van der Waals surface area (Å²) >= 11 is 0. The Balaban J connectivity index is 4.57. The van der Waals surface area contributed by atoms with E-state index >= 15 is 0 Å². The van der Waals surface area contributed by atoms with Gasteiger partial charge in [-0.3, -0.25) is 18.6 Å². The molecule has 10 nitrogen and oxygen atoms in total. The fourth-order valence-corrected chi connectivity index (χ4v) is 5.60. The van der Waals surface area contributed by atoms with Crippen molar-refractivity contribution < 1.29 is 47.2 Å². The van der Waals surface area contributed by atoms with Crippen LogP contribution in [0.4, 0.5) is 0 Å². The minimum Gasteiger partial charge on any atom is -0.462 e. The summed E-state index contributed by atoms with van der Waals surface area (Å²) < 4.78 is 34.1. The third-order valence-corrected chi connectivity index (χ3v) is 9.14. The van der Waals surface area contributed by atoms with E-state index in [0.29, 0.717) is 30.3 Å². The lowest BCUT2D eigenvalue weighted by molar-refractivity contribution is -0.870. The van der Waals surface area contributed by atoms with Crippen molar-refractivity contribution in [3.63, 3.8) is 0 Å². The number of unbranched alkanes of at least 4 members (excludes halogenated alkanes) is 6. The first kappa shape index (κ1) is 53.9. The lowest BCUT2D eigenvalue weighted by Crippen LogP contribution is -2.37. The van der Waals surface area contributed by atoms with Crippen LogP contribution in [0, 0.1) is 0 Å². The van der Waals surface area contributed by atoms with E-state index in [0.717, 1.165) is 83.5 Å². The molecule has 2 N–H and O–H groups in total. The second-order valence-corrected chi connectivity index (χ2v) is 16.2. The fraction of sp³-hybridized carbons (Fsp3) is 0.609. The maximum atomic E-state index is 12.7. The van der Waals surface area contributed by atoms with E-state index in [4.69, 9.17) is 23.6 Å². The minimum absolute atomic E-state index is 0.00399. The molecule has 0 aromatic rings. The molecule has 57 heavy (non-hydrogen) atoms. The van der Waals surface area contributed by atoms with Crippen molar-refractivity contribution in [3.8, 4) is 0 Å². The molecular weight excluding hydrogens is 741 g/mol. The van der Waals surface area contributed by atoms with Crippen molar-refractivity contribution >= 4 is 19.8 Å². The molecular formula is C46H77NO9P+. The van der Waals surface area contributed by atoms with Crippen molar-refractivity contribution in [2.24, 2.45) is 0 Å². The van der Waals surface area contributed by atoms with Crippen molar-refractivity contribution in [3.05, 3.63) is 97.2 Å². The normalized spacial score (nSPS) is 14.6. The maximum absolute atomic E-state index is 12.7. The van der Waals surface area contributed by atoms with Gasteiger partial charge in [-0.25, -0.2) is 4.57 Å². The Kier molecular flexibility index (Phi) is 36.3. The fourth-order valence-electron chi connectivity index (χ4n) is 4.86. The van der Waals surface area contributed by atoms with E-state index in [1.54, 1.807) is 0 Å². The zero-order valence-electron chi connectivity index (χ0n) is 35.7. The van der Waals surface area contributed by atoms with Crippen LogP contribution in [0.3, 0.4) is 0 Å². The number of nitrogens with zero attached hydrogens (tertiary/aromatic N) is 1. The van der Waals surface area contributed by atoms with Crippen LogP contribution in [0.2, 0.25) is 0 Å². The molecule has 0 rings (SSSR count). The molecule has 0 aliphatic carbocycles. The van der Waals surface area contributed by atoms with Crippen LogP contribution < -0.4 is 0 Å². The minimum atomic E-state index is -4.41. The van der Waals surface area contributed by atoms with Crippen LogP contribution in [0.15, 0.2) is 97.2 Å². The van der Waals surface area contributed by atoms with Gasteiger partial charge < -0.3 is 24.0 Å². The molecule has 0 spiro atoms. The molecule has 0 fully saturated rings. The van der Waals surface area contributed by atoms with E-state index < -0.39 is 32.5 Å². The Morgan fingerprint density at radius 1 is 0.579 bits per heavy atom. The molecule has 0 aliphatic rings. The number of aliphatic hydroxyl groups excluding tert-OH is 1. The average Bonchev–Trinajstić information content (AvgIpc) is 3.16. The highest BCUT2D eigenvalue weighted by molar-refractivity contribution is 7.47. The van der Waals surface area contributed by atoms with Crippen LogP contribution >= 0.6 is 7.82 Å². The zero-order valence-corrected chi connectivity index (χ0v) is 36.6. The molecule has 0 aliphatic heterocycles. The number of allylic oxidation sites excluding steroid dienone is 16. The quantitative estimate of drug-likeness (QED) is 0.0207. The second-order valence-electron chi connectivity index (χ2n) is 14.7. The van der Waals surface area contributed by atoms with Crippen LogP contribution in [-0.4, -0.2) is 86.6 Å². The van der Waals surface area contributed by atoms with Crippen molar-refractivity contribution in [1.29, 1.82) is 0 Å². The lowest BCUT2D eigenvalue weighted by Gasteiger charge is -2.24. The Bertz CT molecular complexity index is 1290. The molecule has 0 bridgehead atoms. The summed E-state index contributed by atoms with van der Waals surface area (Å²) in [4.78, 5) is 35.3. The lowest BCUT2D eigenvalue weighted by atomic mass is 10.2. The van der Waals surface area contributed by atoms with Crippen molar-refractivity contribution in [1.82, 2.24) is 0 Å². The van der Waals surface area contributed by atoms with Gasteiger partial charge >= 0.3 is 19.8 Å². The number of esters is 2. The molecule has 0 aromatic heterocycles. The molecule has 0 heterocycles. The van der Waals surface area contributed by atoms with Gasteiger partial charge in [-0.05, 0) is 96.3 Å². The van der Waals surface area contributed by atoms with E-state index in [2.05, 4.69) is 98.1 Å². The van der Waals surface area contributed by atoms with Crippen LogP contribution in [-0.2, 0) is 32.7 Å². The van der Waals surface area contributed by atoms with Crippen LogP contribution in [0.25, 0.3) is 0 Å². The van der Waals surface area contributed by atoms with Crippen LogP contribution in [0.5, 0.6) is 0 Å². The van der Waals surface area contributed by atoms with Gasteiger partial charge in [-0.1, -0.05) is 111 Å². The number of rotatable bonds is 37. The number of carbonyl (C=O) groups excluding carboxylic acids is 2. The summed E-state index contributed by atoms with van der Waals surface area (Å²) in [6.07, 6.45) is 47.7. The number of hydrogen-bond donors (Lipinski definition) is 2. The first-order valence-electron chi connectivity index (χ1n) is 21.1. The van der Waals surface area contributed by atoms with Crippen molar-refractivity contribution in [2.45, 2.75) is 129 Å². The van der Waals surface area contributed by atoms with E-state index in [1.807, 2.05) is 27.2 Å². The number of phosphoric acid groups is 1. The number of quaternary nitrogens is 1. The second kappa shape index (κ2) is 38.4.